The van der Waals surface area contributed by atoms with Gasteiger partial charge in [0.05, 0.1) is 6.61 Å². The zero-order valence-corrected chi connectivity index (χ0v) is 21.9. The number of hydrogen-bond acceptors (Lipinski definition) is 7. The summed E-state index contributed by atoms with van der Waals surface area (Å²) in [5, 5.41) is 32.4. The summed E-state index contributed by atoms with van der Waals surface area (Å²) >= 11 is 13.2. The maximum atomic E-state index is 10.7. The van der Waals surface area contributed by atoms with Crippen molar-refractivity contribution in [3.8, 4) is 5.75 Å². The molecule has 5 atom stereocenters. The quantitative estimate of drug-likeness (QED) is 0.443. The Morgan fingerprint density at radius 1 is 1.03 bits per heavy atom. The third-order valence-electron chi connectivity index (χ3n) is 5.84. The van der Waals surface area contributed by atoms with Crippen LogP contribution in [-0.4, -0.2) is 68.0 Å². The van der Waals surface area contributed by atoms with Gasteiger partial charge in [0.1, 0.15) is 39.9 Å². The predicted molar refractivity (Wildman–Crippen MR) is 141 cm³/mol. The van der Waals surface area contributed by atoms with E-state index in [4.69, 9.17) is 33.3 Å². The molecule has 1 fully saturated rings. The normalized spacial score (nSPS) is 24.6. The minimum atomic E-state index is -1.37. The summed E-state index contributed by atoms with van der Waals surface area (Å²) in [5.41, 5.74) is 1.77. The second kappa shape index (κ2) is 12.5. The number of ether oxygens (including phenoxy) is 2. The smallest absolute Gasteiger partial charge is 0.139 e. The number of rotatable bonds is 8. The fourth-order valence-electron chi connectivity index (χ4n) is 3.87. The van der Waals surface area contributed by atoms with Crippen molar-refractivity contribution in [2.75, 3.05) is 19.7 Å². The molecule has 2 aromatic rings. The monoisotopic (exact) mass is 525 g/mol. The molecule has 0 spiro atoms. The largest absolute Gasteiger partial charge is 0.494 e. The van der Waals surface area contributed by atoms with Crippen molar-refractivity contribution in [3.05, 3.63) is 64.2 Å². The molecule has 0 radical (unpaired) electrons. The second-order valence-electron chi connectivity index (χ2n) is 8.06. The van der Waals surface area contributed by atoms with Crippen molar-refractivity contribution in [2.45, 2.75) is 57.0 Å². The molecular formula is C25H32ClNO5S2. The van der Waals surface area contributed by atoms with Crippen molar-refractivity contribution >= 4 is 39.9 Å². The van der Waals surface area contributed by atoms with Gasteiger partial charge in [-0.3, -0.25) is 0 Å². The maximum absolute atomic E-state index is 10.7. The number of hydrogen-bond donors (Lipinski definition) is 3. The minimum Gasteiger partial charge on any atom is -0.494 e. The molecule has 0 saturated carbocycles. The van der Waals surface area contributed by atoms with Gasteiger partial charge in [-0.1, -0.05) is 59.8 Å². The van der Waals surface area contributed by atoms with Crippen LogP contribution in [0.25, 0.3) is 0 Å². The van der Waals surface area contributed by atoms with E-state index in [2.05, 4.69) is 0 Å². The molecule has 0 aromatic heterocycles. The van der Waals surface area contributed by atoms with Crippen LogP contribution in [0.3, 0.4) is 0 Å². The first-order valence-electron chi connectivity index (χ1n) is 11.4. The number of nitrogens with zero attached hydrogens (tertiary/aromatic N) is 1. The summed E-state index contributed by atoms with van der Waals surface area (Å²) in [6.07, 6.45) is -4.21. The molecule has 0 amide bonds. The summed E-state index contributed by atoms with van der Waals surface area (Å²) in [6.45, 7) is 8.00. The van der Waals surface area contributed by atoms with Gasteiger partial charge in [0.25, 0.3) is 0 Å². The molecule has 1 heterocycles. The highest BCUT2D eigenvalue weighted by Crippen LogP contribution is 2.38. The van der Waals surface area contributed by atoms with Crippen LogP contribution in [0.15, 0.2) is 42.5 Å². The molecule has 1 aliphatic rings. The van der Waals surface area contributed by atoms with E-state index in [0.29, 0.717) is 27.9 Å². The van der Waals surface area contributed by atoms with Crippen molar-refractivity contribution in [2.24, 2.45) is 0 Å². The lowest BCUT2D eigenvalue weighted by atomic mass is 9.92. The van der Waals surface area contributed by atoms with Gasteiger partial charge in [-0.25, -0.2) is 0 Å². The second-order valence-corrected chi connectivity index (χ2v) is 10.2. The average molecular weight is 526 g/mol. The van der Waals surface area contributed by atoms with E-state index in [0.717, 1.165) is 30.0 Å². The first kappa shape index (κ1) is 27.2. The van der Waals surface area contributed by atoms with Crippen molar-refractivity contribution in [1.82, 2.24) is 4.90 Å². The van der Waals surface area contributed by atoms with E-state index in [9.17, 15) is 15.3 Å². The molecule has 0 aliphatic carbocycles. The van der Waals surface area contributed by atoms with Crippen LogP contribution < -0.4 is 4.74 Å². The Kier molecular flexibility index (Phi) is 10.0. The molecule has 2 aromatic carbocycles. The average Bonchev–Trinajstić information content (AvgIpc) is 2.83. The third-order valence-corrected chi connectivity index (χ3v) is 7.83. The van der Waals surface area contributed by atoms with Gasteiger partial charge in [0.2, 0.25) is 0 Å². The molecule has 0 bridgehead atoms. The van der Waals surface area contributed by atoms with Gasteiger partial charge in [-0.15, -0.1) is 0 Å². The lowest BCUT2D eigenvalue weighted by Gasteiger charge is -2.41. The van der Waals surface area contributed by atoms with E-state index in [1.165, 1.54) is 11.8 Å². The zero-order chi connectivity index (χ0) is 24.8. The molecular weight excluding hydrogens is 494 g/mol. The summed E-state index contributed by atoms with van der Waals surface area (Å²) in [5.74, 6) is 0.809. The lowest BCUT2D eigenvalue weighted by molar-refractivity contribution is -0.200. The molecule has 6 nitrogen and oxygen atoms in total. The fraction of sp³-hybridized carbons (Fsp3) is 0.480. The molecule has 34 heavy (non-hydrogen) atoms. The minimum absolute atomic E-state index is 0.573. The number of thiocarbonyl (C=S) groups is 1. The zero-order valence-electron chi connectivity index (χ0n) is 19.6. The van der Waals surface area contributed by atoms with E-state index in [1.54, 1.807) is 12.1 Å². The van der Waals surface area contributed by atoms with Gasteiger partial charge in [0.15, 0.2) is 0 Å². The summed E-state index contributed by atoms with van der Waals surface area (Å²) in [7, 11) is 0. The molecule has 3 rings (SSSR count). The van der Waals surface area contributed by atoms with Crippen LogP contribution in [0.2, 0.25) is 5.02 Å². The van der Waals surface area contributed by atoms with Crippen LogP contribution >= 0.6 is 35.6 Å². The Morgan fingerprint density at radius 3 is 2.32 bits per heavy atom. The maximum Gasteiger partial charge on any atom is 0.139 e. The fourth-order valence-corrected chi connectivity index (χ4v) is 5.68. The van der Waals surface area contributed by atoms with Gasteiger partial charge in [0, 0.05) is 18.1 Å². The van der Waals surface area contributed by atoms with E-state index in [-0.39, 0.29) is 0 Å². The third kappa shape index (κ3) is 6.43. The standard InChI is InChI=1S/C25H32ClNO5S2/c1-4-27(5-2)25(33)34-24-22(30)20(28)21(29)23(32-24)16-9-12-19(26)17(14-16)13-15-7-10-18(11-8-15)31-6-3/h7-12,14,20-24,28-30H,4-6,13H2,1-3H3/t20-,21-,22+,23+,24-/m1/s1. The predicted octanol–water partition coefficient (Wildman–Crippen LogP) is 4.17. The number of halogens is 1. The number of aliphatic hydroxyl groups is 3. The molecule has 3 N–H and O–H groups in total. The summed E-state index contributed by atoms with van der Waals surface area (Å²) < 4.78 is 12.2. The van der Waals surface area contributed by atoms with Crippen LogP contribution in [0, 0.1) is 0 Å². The molecule has 186 valence electrons. The molecule has 1 saturated heterocycles. The van der Waals surface area contributed by atoms with Crippen LogP contribution in [0.1, 0.15) is 43.6 Å². The topological polar surface area (TPSA) is 82.4 Å². The Bertz CT molecular complexity index is 957. The van der Waals surface area contributed by atoms with Gasteiger partial charge in [-0.2, -0.15) is 0 Å². The summed E-state index contributed by atoms with van der Waals surface area (Å²) in [6, 6.07) is 13.2. The first-order chi connectivity index (χ1) is 16.3. The molecule has 9 heteroatoms. The molecule has 0 unspecified atom stereocenters. The van der Waals surface area contributed by atoms with Gasteiger partial charge < -0.3 is 29.7 Å². The highest BCUT2D eigenvalue weighted by Gasteiger charge is 2.45. The van der Waals surface area contributed by atoms with Crippen molar-refractivity contribution in [3.63, 3.8) is 0 Å². The van der Waals surface area contributed by atoms with Crippen molar-refractivity contribution < 1.29 is 24.8 Å². The summed E-state index contributed by atoms with van der Waals surface area (Å²) in [4.78, 5) is 1.97. The number of benzene rings is 2. The van der Waals surface area contributed by atoms with Crippen LogP contribution in [-0.2, 0) is 11.2 Å². The first-order valence-corrected chi connectivity index (χ1v) is 13.1. The Hall–Kier alpha value is -1.39. The lowest BCUT2D eigenvalue weighted by Crippen LogP contribution is -2.53. The Morgan fingerprint density at radius 2 is 1.71 bits per heavy atom. The SMILES string of the molecule is CCOc1ccc(Cc2cc([C@@H]3O[C@H](SC(=S)N(CC)CC)[C@@H](O)[C@H](O)[C@H]3O)ccc2Cl)cc1. The van der Waals surface area contributed by atoms with Gasteiger partial charge in [-0.05, 0) is 62.1 Å². The van der Waals surface area contributed by atoms with Gasteiger partial charge >= 0.3 is 0 Å². The van der Waals surface area contributed by atoms with E-state index in [1.807, 2.05) is 56.0 Å². The van der Waals surface area contributed by atoms with E-state index >= 15 is 0 Å². The number of aliphatic hydroxyl groups excluding tert-OH is 3. The van der Waals surface area contributed by atoms with Crippen LogP contribution in [0.4, 0.5) is 0 Å². The van der Waals surface area contributed by atoms with E-state index < -0.39 is 29.9 Å². The molecule has 1 aliphatic heterocycles. The highest BCUT2D eigenvalue weighted by atomic mass is 35.5. The highest BCUT2D eigenvalue weighted by molar-refractivity contribution is 8.23. The van der Waals surface area contributed by atoms with Crippen molar-refractivity contribution in [1.29, 1.82) is 0 Å². The number of thioether (sulfide) groups is 1. The Labute approximate surface area is 215 Å². The van der Waals surface area contributed by atoms with Crippen LogP contribution in [0.5, 0.6) is 5.75 Å². The Balaban J connectivity index is 1.81.